The largest absolute Gasteiger partial charge is 0.436 e. The van der Waals surface area contributed by atoms with E-state index < -0.39 is 0 Å². The van der Waals surface area contributed by atoms with Gasteiger partial charge in [-0.25, -0.2) is 4.98 Å². The van der Waals surface area contributed by atoms with Gasteiger partial charge in [0.05, 0.1) is 12.2 Å². The number of hydrogen-bond acceptors (Lipinski definition) is 5. The molecule has 0 fully saturated rings. The zero-order valence-electron chi connectivity index (χ0n) is 14.1. The normalized spacial score (nSPS) is 9.93. The lowest BCUT2D eigenvalue weighted by Crippen LogP contribution is -2.21. The molecular weight excluding hydrogens is 364 g/mol. The van der Waals surface area contributed by atoms with Crippen LogP contribution in [0.1, 0.15) is 5.56 Å². The first-order chi connectivity index (χ1) is 13.2. The number of amides is 1. The number of carbonyl (C=O) groups excluding carboxylic acids is 1. The SMILES string of the molecule is N#Cc1cccnc1Oc1ccccc1NCC(=O)Nc1cccc(Cl)c1. The quantitative estimate of drug-likeness (QED) is 0.661. The molecule has 0 saturated heterocycles. The van der Waals surface area contributed by atoms with Gasteiger partial charge in [0.1, 0.15) is 11.6 Å². The molecule has 3 rings (SSSR count). The van der Waals surface area contributed by atoms with Gasteiger partial charge in [-0.2, -0.15) is 5.26 Å². The molecule has 7 heteroatoms. The van der Waals surface area contributed by atoms with Crippen molar-refractivity contribution in [3.8, 4) is 17.7 Å². The average molecular weight is 379 g/mol. The van der Waals surface area contributed by atoms with Crippen molar-refractivity contribution in [2.24, 2.45) is 0 Å². The second-order valence-electron chi connectivity index (χ2n) is 5.48. The molecule has 1 heterocycles. The smallest absolute Gasteiger partial charge is 0.243 e. The fraction of sp³-hybridized carbons (Fsp3) is 0.0500. The Kier molecular flexibility index (Phi) is 5.87. The number of anilines is 2. The first kappa shape index (κ1) is 18.2. The number of nitrogens with zero attached hydrogens (tertiary/aromatic N) is 2. The number of nitriles is 1. The Labute approximate surface area is 161 Å². The van der Waals surface area contributed by atoms with Crippen molar-refractivity contribution >= 4 is 28.9 Å². The maximum atomic E-state index is 12.2. The van der Waals surface area contributed by atoms with Crippen molar-refractivity contribution < 1.29 is 9.53 Å². The molecule has 0 spiro atoms. The van der Waals surface area contributed by atoms with E-state index in [4.69, 9.17) is 21.6 Å². The summed E-state index contributed by atoms with van der Waals surface area (Å²) in [7, 11) is 0. The molecule has 27 heavy (non-hydrogen) atoms. The molecule has 2 N–H and O–H groups in total. The van der Waals surface area contributed by atoms with E-state index in [1.165, 1.54) is 0 Å². The summed E-state index contributed by atoms with van der Waals surface area (Å²) in [5.41, 5.74) is 1.55. The Morgan fingerprint density at radius 2 is 2.00 bits per heavy atom. The third-order valence-corrected chi connectivity index (χ3v) is 3.77. The van der Waals surface area contributed by atoms with E-state index in [1.807, 2.05) is 12.1 Å². The van der Waals surface area contributed by atoms with Crippen LogP contribution < -0.4 is 15.4 Å². The minimum atomic E-state index is -0.234. The number of halogens is 1. The molecule has 0 saturated carbocycles. The Hall–Kier alpha value is -3.56. The Morgan fingerprint density at radius 3 is 2.81 bits per heavy atom. The molecule has 0 aliphatic rings. The van der Waals surface area contributed by atoms with Crippen molar-refractivity contribution in [1.29, 1.82) is 5.26 Å². The molecule has 1 amide bonds. The van der Waals surface area contributed by atoms with E-state index in [0.717, 1.165) is 0 Å². The van der Waals surface area contributed by atoms with Gasteiger partial charge in [-0.05, 0) is 42.5 Å². The van der Waals surface area contributed by atoms with E-state index in [0.29, 0.717) is 27.7 Å². The van der Waals surface area contributed by atoms with Crippen LogP contribution in [0, 0.1) is 11.3 Å². The molecule has 0 aliphatic carbocycles. The van der Waals surface area contributed by atoms with Crippen LogP contribution in [0.15, 0.2) is 66.9 Å². The molecule has 0 bridgehead atoms. The lowest BCUT2D eigenvalue weighted by molar-refractivity contribution is -0.114. The highest BCUT2D eigenvalue weighted by Crippen LogP contribution is 2.29. The first-order valence-corrected chi connectivity index (χ1v) is 8.45. The first-order valence-electron chi connectivity index (χ1n) is 8.07. The summed E-state index contributed by atoms with van der Waals surface area (Å²) < 4.78 is 5.75. The highest BCUT2D eigenvalue weighted by atomic mass is 35.5. The number of hydrogen-bond donors (Lipinski definition) is 2. The highest BCUT2D eigenvalue weighted by Gasteiger charge is 2.10. The van der Waals surface area contributed by atoms with Crippen LogP contribution in [0.2, 0.25) is 5.02 Å². The summed E-state index contributed by atoms with van der Waals surface area (Å²) in [4.78, 5) is 16.2. The summed E-state index contributed by atoms with van der Waals surface area (Å²) in [6.45, 7) is 0.0280. The molecular formula is C20H15ClN4O2. The molecule has 1 aromatic heterocycles. The van der Waals surface area contributed by atoms with Crippen LogP contribution in [-0.2, 0) is 4.79 Å². The minimum Gasteiger partial charge on any atom is -0.436 e. The second-order valence-corrected chi connectivity index (χ2v) is 5.91. The molecule has 3 aromatic rings. The minimum absolute atomic E-state index is 0.0280. The van der Waals surface area contributed by atoms with E-state index >= 15 is 0 Å². The maximum Gasteiger partial charge on any atom is 0.243 e. The maximum absolute atomic E-state index is 12.2. The number of nitrogens with one attached hydrogen (secondary N) is 2. The summed E-state index contributed by atoms with van der Waals surface area (Å²) in [5, 5.41) is 15.5. The van der Waals surface area contributed by atoms with Gasteiger partial charge in [-0.1, -0.05) is 29.8 Å². The molecule has 134 valence electrons. The fourth-order valence-corrected chi connectivity index (χ4v) is 2.50. The van der Waals surface area contributed by atoms with Crippen LogP contribution in [0.25, 0.3) is 0 Å². The van der Waals surface area contributed by atoms with Crippen LogP contribution in [0.5, 0.6) is 11.6 Å². The highest BCUT2D eigenvalue weighted by molar-refractivity contribution is 6.30. The Morgan fingerprint density at radius 1 is 1.15 bits per heavy atom. The van der Waals surface area contributed by atoms with Crippen LogP contribution in [-0.4, -0.2) is 17.4 Å². The summed E-state index contributed by atoms with van der Waals surface area (Å²) in [6.07, 6.45) is 1.55. The lowest BCUT2D eigenvalue weighted by Gasteiger charge is -2.13. The molecule has 0 atom stereocenters. The average Bonchev–Trinajstić information content (AvgIpc) is 2.68. The van der Waals surface area contributed by atoms with Gasteiger partial charge in [0, 0.05) is 16.9 Å². The van der Waals surface area contributed by atoms with Crippen LogP contribution in [0.4, 0.5) is 11.4 Å². The summed E-state index contributed by atoms with van der Waals surface area (Å²) in [5.74, 6) is 0.434. The van der Waals surface area contributed by atoms with Gasteiger partial charge in [0.25, 0.3) is 0 Å². The zero-order valence-corrected chi connectivity index (χ0v) is 14.9. The molecule has 0 radical (unpaired) electrons. The number of carbonyl (C=O) groups is 1. The van der Waals surface area contributed by atoms with Crippen molar-refractivity contribution in [2.45, 2.75) is 0 Å². The lowest BCUT2D eigenvalue weighted by atomic mass is 10.2. The van der Waals surface area contributed by atoms with Gasteiger partial charge in [-0.3, -0.25) is 4.79 Å². The predicted molar refractivity (Wildman–Crippen MR) is 104 cm³/mol. The monoisotopic (exact) mass is 378 g/mol. The van der Waals surface area contributed by atoms with E-state index in [1.54, 1.807) is 60.8 Å². The number of ether oxygens (including phenoxy) is 1. The summed E-state index contributed by atoms with van der Waals surface area (Å²) >= 11 is 5.91. The third kappa shape index (κ3) is 4.97. The zero-order chi connectivity index (χ0) is 19.1. The van der Waals surface area contributed by atoms with Crippen LogP contribution in [0.3, 0.4) is 0 Å². The van der Waals surface area contributed by atoms with E-state index in [9.17, 15) is 4.79 Å². The van der Waals surface area contributed by atoms with Gasteiger partial charge >= 0.3 is 0 Å². The Bertz CT molecular complexity index is 1000. The third-order valence-electron chi connectivity index (χ3n) is 3.53. The number of pyridine rings is 1. The number of para-hydroxylation sites is 2. The molecule has 0 unspecified atom stereocenters. The molecule has 0 aliphatic heterocycles. The van der Waals surface area contributed by atoms with E-state index in [2.05, 4.69) is 15.6 Å². The van der Waals surface area contributed by atoms with Crippen molar-refractivity contribution in [2.75, 3.05) is 17.2 Å². The van der Waals surface area contributed by atoms with Gasteiger partial charge in [-0.15, -0.1) is 0 Å². The van der Waals surface area contributed by atoms with E-state index in [-0.39, 0.29) is 18.3 Å². The van der Waals surface area contributed by atoms with Crippen molar-refractivity contribution in [1.82, 2.24) is 4.98 Å². The molecule has 2 aromatic carbocycles. The van der Waals surface area contributed by atoms with Crippen LogP contribution >= 0.6 is 11.6 Å². The molecule has 6 nitrogen and oxygen atoms in total. The van der Waals surface area contributed by atoms with Gasteiger partial charge < -0.3 is 15.4 Å². The fourth-order valence-electron chi connectivity index (χ4n) is 2.31. The van der Waals surface area contributed by atoms with Crippen molar-refractivity contribution in [3.05, 3.63) is 77.4 Å². The van der Waals surface area contributed by atoms with Crippen molar-refractivity contribution in [3.63, 3.8) is 0 Å². The van der Waals surface area contributed by atoms with Gasteiger partial charge in [0.2, 0.25) is 11.8 Å². The topological polar surface area (TPSA) is 87.0 Å². The number of aromatic nitrogens is 1. The standard InChI is InChI=1S/C20H15ClN4O2/c21-15-6-3-7-16(11-15)25-19(26)13-24-17-8-1-2-9-18(17)27-20-14(12-22)5-4-10-23-20/h1-11,24H,13H2,(H,25,26). The van der Waals surface area contributed by atoms with Gasteiger partial charge in [0.15, 0.2) is 5.75 Å². The number of benzene rings is 2. The number of rotatable bonds is 6. The Balaban J connectivity index is 1.67. The summed E-state index contributed by atoms with van der Waals surface area (Å²) in [6, 6.07) is 19.3. The second kappa shape index (κ2) is 8.70. The predicted octanol–water partition coefficient (Wildman–Crippen LogP) is 4.45.